The maximum Gasteiger partial charge on any atom is 0.306 e. The third-order valence-corrected chi connectivity index (χ3v) is 12.3. The number of carbonyl (C=O) groups excluding carboxylic acids is 3. The predicted molar refractivity (Wildman–Crippen MR) is 174 cm³/mol. The highest BCUT2D eigenvalue weighted by Gasteiger charge is 2.53. The SMILES string of the molecule is CC(C)(C)SSC[C@H](CC(=O)OCc1ccc(N=[N+]=[N-])cc1)C(=O)NCCCC[C@@H]1N[B-]2(OC1=O)C1CCCC2CCC1. The van der Waals surface area contributed by atoms with Gasteiger partial charge in [-0.2, -0.15) is 0 Å². The summed E-state index contributed by atoms with van der Waals surface area (Å²) < 4.78 is 11.6. The Morgan fingerprint density at radius 3 is 2.47 bits per heavy atom. The lowest BCUT2D eigenvalue weighted by Gasteiger charge is -2.55. The number of amides is 1. The molecule has 3 aliphatic heterocycles. The van der Waals surface area contributed by atoms with Gasteiger partial charge in [-0.3, -0.25) is 14.4 Å². The van der Waals surface area contributed by atoms with E-state index in [1.165, 1.54) is 12.8 Å². The van der Waals surface area contributed by atoms with E-state index in [2.05, 4.69) is 41.3 Å². The lowest BCUT2D eigenvalue weighted by atomic mass is 9.28. The van der Waals surface area contributed by atoms with Crippen LogP contribution in [0.4, 0.5) is 5.69 Å². The molecule has 3 fully saturated rings. The Morgan fingerprint density at radius 1 is 1.16 bits per heavy atom. The van der Waals surface area contributed by atoms with Crippen molar-refractivity contribution in [2.45, 2.75) is 114 Å². The Hall–Kier alpha value is -2.34. The molecule has 0 radical (unpaired) electrons. The first-order chi connectivity index (χ1) is 20.6. The lowest BCUT2D eigenvalue weighted by molar-refractivity contribution is -0.147. The van der Waals surface area contributed by atoms with Crippen molar-refractivity contribution in [3.8, 4) is 0 Å². The van der Waals surface area contributed by atoms with Gasteiger partial charge in [-0.25, -0.2) is 0 Å². The molecule has 0 saturated carbocycles. The van der Waals surface area contributed by atoms with Crippen molar-refractivity contribution in [1.82, 2.24) is 10.5 Å². The fourth-order valence-electron chi connectivity index (χ4n) is 6.79. The predicted octanol–water partition coefficient (Wildman–Crippen LogP) is 7.21. The van der Waals surface area contributed by atoms with E-state index in [1.54, 1.807) is 45.9 Å². The quantitative estimate of drug-likeness (QED) is 0.0418. The highest BCUT2D eigenvalue weighted by molar-refractivity contribution is 8.77. The van der Waals surface area contributed by atoms with E-state index in [1.807, 2.05) is 0 Å². The number of hydrogen-bond acceptors (Lipinski definition) is 9. The summed E-state index contributed by atoms with van der Waals surface area (Å²) in [6.45, 7) is 5.66. The summed E-state index contributed by atoms with van der Waals surface area (Å²) in [6, 6.07) is 6.54. The Bertz CT molecular complexity index is 1150. The number of unbranched alkanes of at least 4 members (excludes halogenated alkanes) is 1. The monoisotopic (exact) mass is 630 g/mol. The van der Waals surface area contributed by atoms with Gasteiger partial charge in [-0.1, -0.05) is 110 Å². The fourth-order valence-corrected chi connectivity index (χ4v) is 9.40. The minimum Gasteiger partial charge on any atom is -0.673 e. The second-order valence-corrected chi connectivity index (χ2v) is 16.3. The first-order valence-corrected chi connectivity index (χ1v) is 18.0. The van der Waals surface area contributed by atoms with Crippen LogP contribution in [0.25, 0.3) is 10.4 Å². The van der Waals surface area contributed by atoms with Crippen LogP contribution in [-0.2, 0) is 30.4 Å². The molecule has 2 atom stereocenters. The van der Waals surface area contributed by atoms with Gasteiger partial charge in [0.25, 0.3) is 5.97 Å². The number of hydrogen-bond donors (Lipinski definition) is 2. The first-order valence-electron chi connectivity index (χ1n) is 15.6. The molecular formula is C30H45BN5O5S2-. The molecule has 1 aromatic carbocycles. The second kappa shape index (κ2) is 15.6. The molecule has 10 nitrogen and oxygen atoms in total. The standard InChI is InChI=1S/C30H45BN5O5S2/c1-30(2,3)43-42-20-22(18-27(37)40-19-21-13-15-25(16-14-21)35-36-32)28(38)33-17-5-4-12-26-29(39)41-31(34-26)23-8-6-9-24(31)11-7-10-23/h13-16,22-24,26,34H,4-12,17-20H2,1-3H3,(H,33,38)/q-1/t22-,23?,24?,26-,31?/m0/s1. The molecule has 2 bridgehead atoms. The summed E-state index contributed by atoms with van der Waals surface area (Å²) in [5.74, 6) is 0.268. The van der Waals surface area contributed by atoms with Gasteiger partial charge in [0.05, 0.1) is 18.4 Å². The Morgan fingerprint density at radius 2 is 1.84 bits per heavy atom. The van der Waals surface area contributed by atoms with Crippen molar-refractivity contribution in [1.29, 1.82) is 0 Å². The molecule has 2 N–H and O–H groups in total. The maximum absolute atomic E-state index is 13.1. The summed E-state index contributed by atoms with van der Waals surface area (Å²) in [5, 5.41) is 10.2. The third-order valence-electron chi connectivity index (χ3n) is 8.83. The number of rotatable bonds is 14. The first kappa shape index (κ1) is 33.6. The van der Waals surface area contributed by atoms with Crippen LogP contribution in [-0.4, -0.2) is 47.4 Å². The minimum absolute atomic E-state index is 0.00925. The van der Waals surface area contributed by atoms with Crippen LogP contribution in [0.1, 0.15) is 90.5 Å². The van der Waals surface area contributed by atoms with Gasteiger partial charge in [0, 0.05) is 27.6 Å². The highest BCUT2D eigenvalue weighted by Crippen LogP contribution is 2.53. The van der Waals surface area contributed by atoms with Gasteiger partial charge < -0.3 is 19.9 Å². The molecular weight excluding hydrogens is 585 g/mol. The van der Waals surface area contributed by atoms with Crippen molar-refractivity contribution in [2.24, 2.45) is 11.0 Å². The second-order valence-electron chi connectivity index (χ2n) is 13.1. The maximum atomic E-state index is 13.1. The number of nitrogens with one attached hydrogen (secondary N) is 2. The highest BCUT2D eigenvalue weighted by atomic mass is 33.1. The zero-order valence-electron chi connectivity index (χ0n) is 25.6. The molecule has 4 rings (SSSR count). The van der Waals surface area contributed by atoms with Gasteiger partial charge in [0.2, 0.25) is 12.4 Å². The zero-order chi connectivity index (χ0) is 30.9. The molecule has 0 unspecified atom stereocenters. The van der Waals surface area contributed by atoms with Crippen molar-refractivity contribution in [2.75, 3.05) is 12.3 Å². The average Bonchev–Trinajstić information content (AvgIpc) is 3.26. The van der Waals surface area contributed by atoms with E-state index in [-0.39, 0.29) is 35.7 Å². The van der Waals surface area contributed by atoms with Crippen LogP contribution in [0, 0.1) is 5.92 Å². The molecule has 0 aliphatic carbocycles. The van der Waals surface area contributed by atoms with Crippen molar-refractivity contribution < 1.29 is 23.8 Å². The van der Waals surface area contributed by atoms with E-state index in [4.69, 9.17) is 14.9 Å². The molecule has 1 amide bonds. The summed E-state index contributed by atoms with van der Waals surface area (Å²) >= 11 is 0. The molecule has 1 aromatic rings. The van der Waals surface area contributed by atoms with E-state index < -0.39 is 18.4 Å². The van der Waals surface area contributed by atoms with Gasteiger partial charge in [0.15, 0.2) is 0 Å². The van der Waals surface area contributed by atoms with E-state index >= 15 is 0 Å². The normalized spacial score (nSPS) is 25.5. The number of benzene rings is 1. The van der Waals surface area contributed by atoms with Crippen LogP contribution in [0.3, 0.4) is 0 Å². The van der Waals surface area contributed by atoms with E-state index in [0.29, 0.717) is 36.0 Å². The molecule has 13 heteroatoms. The summed E-state index contributed by atoms with van der Waals surface area (Å²) in [4.78, 5) is 41.4. The molecule has 1 spiro atoms. The number of nitrogens with zero attached hydrogens (tertiary/aromatic N) is 3. The summed E-state index contributed by atoms with van der Waals surface area (Å²) in [6.07, 6.45) is 9.34. The van der Waals surface area contributed by atoms with Crippen LogP contribution in [0.15, 0.2) is 29.4 Å². The largest absolute Gasteiger partial charge is 0.673 e. The molecule has 0 aromatic heterocycles. The van der Waals surface area contributed by atoms with E-state index in [0.717, 1.165) is 44.1 Å². The number of carbonyl (C=O) groups is 3. The van der Waals surface area contributed by atoms with Gasteiger partial charge >= 0.3 is 5.97 Å². The van der Waals surface area contributed by atoms with E-state index in [9.17, 15) is 14.4 Å². The molecule has 3 aliphatic rings. The Balaban J connectivity index is 1.21. The molecule has 3 heterocycles. The lowest BCUT2D eigenvalue weighted by Crippen LogP contribution is -2.60. The van der Waals surface area contributed by atoms with Gasteiger partial charge in [-0.05, 0) is 30.4 Å². The van der Waals surface area contributed by atoms with Crippen LogP contribution < -0.4 is 10.5 Å². The topological polar surface area (TPSA) is 142 Å². The van der Waals surface area contributed by atoms with Crippen molar-refractivity contribution >= 4 is 51.6 Å². The Labute approximate surface area is 262 Å². The van der Waals surface area contributed by atoms with Crippen LogP contribution in [0.2, 0.25) is 11.6 Å². The number of esters is 1. The minimum atomic E-state index is -1.24. The van der Waals surface area contributed by atoms with Crippen LogP contribution >= 0.6 is 21.6 Å². The summed E-state index contributed by atoms with van der Waals surface area (Å²) in [7, 11) is 3.27. The fraction of sp³-hybridized carbons (Fsp3) is 0.700. The number of ether oxygens (including phenoxy) is 1. The van der Waals surface area contributed by atoms with Crippen molar-refractivity contribution in [3.05, 3.63) is 40.3 Å². The molecule has 3 saturated heterocycles. The summed E-state index contributed by atoms with van der Waals surface area (Å²) in [5.41, 5.74) is 9.79. The smallest absolute Gasteiger partial charge is 0.306 e. The average molecular weight is 631 g/mol. The van der Waals surface area contributed by atoms with Gasteiger partial charge in [0.1, 0.15) is 6.61 Å². The molecule has 43 heavy (non-hydrogen) atoms. The van der Waals surface area contributed by atoms with Crippen molar-refractivity contribution in [3.63, 3.8) is 0 Å². The van der Waals surface area contributed by atoms with Crippen LogP contribution in [0.5, 0.6) is 0 Å². The number of azide groups is 1. The zero-order valence-corrected chi connectivity index (χ0v) is 27.2. The third kappa shape index (κ3) is 9.57. The van der Waals surface area contributed by atoms with Gasteiger partial charge in [-0.15, -0.1) is 11.6 Å². The molecule has 236 valence electrons. The Kier molecular flexibility index (Phi) is 12.2.